The minimum absolute atomic E-state index is 0.0888. The molecule has 0 aliphatic carbocycles. The van der Waals surface area contributed by atoms with E-state index >= 15 is 0 Å². The Morgan fingerprint density at radius 2 is 2.21 bits per heavy atom. The third-order valence-corrected chi connectivity index (χ3v) is 1.30. The maximum atomic E-state index is 10.2. The lowest BCUT2D eigenvalue weighted by atomic mass is 10.5. The number of terminal acetylenes is 1. The molecule has 0 aliphatic heterocycles. The van der Waals surface area contributed by atoms with Crippen molar-refractivity contribution in [3.63, 3.8) is 0 Å². The van der Waals surface area contributed by atoms with Gasteiger partial charge in [0.25, 0.3) is 0 Å². The van der Waals surface area contributed by atoms with Gasteiger partial charge in [-0.15, -0.1) is 12.3 Å². The number of hydrogen-bond acceptors (Lipinski definition) is 5. The second-order valence-electron chi connectivity index (χ2n) is 2.28. The molecule has 6 heteroatoms. The zero-order valence-electron chi connectivity index (χ0n) is 7.21. The number of rotatable bonds is 4. The maximum absolute atomic E-state index is 10.2. The molecule has 6 nitrogen and oxygen atoms in total. The largest absolute Gasteiger partial charge is 0.462 e. The summed E-state index contributed by atoms with van der Waals surface area (Å²) in [5.74, 6) is 2.38. The van der Waals surface area contributed by atoms with Crippen molar-refractivity contribution in [2.75, 3.05) is 6.61 Å². The quantitative estimate of drug-likeness (QED) is 0.305. The Labute approximate surface area is 80.1 Å². The average Bonchev–Trinajstić information content (AvgIpc) is 2.19. The summed E-state index contributed by atoms with van der Waals surface area (Å²) in [5.41, 5.74) is -0.172. The van der Waals surface area contributed by atoms with Crippen LogP contribution in [0.2, 0.25) is 0 Å². The summed E-state index contributed by atoms with van der Waals surface area (Å²) in [7, 11) is 0. The number of nitro groups is 1. The van der Waals surface area contributed by atoms with Gasteiger partial charge in [-0.3, -0.25) is 10.1 Å². The number of aromatic nitrogens is 2. The summed E-state index contributed by atoms with van der Waals surface area (Å²) in [6.07, 6.45) is 7.60. The van der Waals surface area contributed by atoms with Gasteiger partial charge in [-0.05, 0) is 0 Å². The van der Waals surface area contributed by atoms with Crippen molar-refractivity contribution < 1.29 is 9.66 Å². The van der Waals surface area contributed by atoms with E-state index in [0.29, 0.717) is 13.0 Å². The van der Waals surface area contributed by atoms with Gasteiger partial charge in [0, 0.05) is 6.42 Å². The van der Waals surface area contributed by atoms with E-state index in [1.54, 1.807) is 0 Å². The molecule has 0 unspecified atom stereocenters. The first-order valence-electron chi connectivity index (χ1n) is 3.76. The van der Waals surface area contributed by atoms with Crippen molar-refractivity contribution in [3.8, 4) is 18.4 Å². The molecular formula is C8H7N3O3. The first-order valence-corrected chi connectivity index (χ1v) is 3.76. The minimum Gasteiger partial charge on any atom is -0.462 e. The third kappa shape index (κ3) is 2.71. The van der Waals surface area contributed by atoms with Gasteiger partial charge in [0.05, 0.1) is 4.92 Å². The van der Waals surface area contributed by atoms with Crippen LogP contribution in [0.25, 0.3) is 0 Å². The molecule has 0 spiro atoms. The van der Waals surface area contributed by atoms with Crippen LogP contribution in [-0.2, 0) is 0 Å². The van der Waals surface area contributed by atoms with Crippen LogP contribution in [-0.4, -0.2) is 21.5 Å². The molecule has 1 rings (SSSR count). The molecule has 0 N–H and O–H groups in total. The van der Waals surface area contributed by atoms with Crippen LogP contribution >= 0.6 is 0 Å². The van der Waals surface area contributed by atoms with Crippen LogP contribution in [0.4, 0.5) is 5.69 Å². The van der Waals surface area contributed by atoms with Gasteiger partial charge < -0.3 is 4.74 Å². The Hall–Kier alpha value is -2.16. The topological polar surface area (TPSA) is 78.2 Å². The Bertz CT molecular complexity index is 355. The van der Waals surface area contributed by atoms with Gasteiger partial charge in [-0.25, -0.2) is 0 Å². The smallest absolute Gasteiger partial charge is 0.316 e. The lowest BCUT2D eigenvalue weighted by molar-refractivity contribution is -0.385. The van der Waals surface area contributed by atoms with Crippen LogP contribution in [0.3, 0.4) is 0 Å². The van der Waals surface area contributed by atoms with Crippen molar-refractivity contribution in [1.82, 2.24) is 9.97 Å². The molecule has 0 aliphatic rings. The Balaban J connectivity index is 2.56. The first kappa shape index (κ1) is 9.92. The highest BCUT2D eigenvalue weighted by Gasteiger charge is 2.06. The van der Waals surface area contributed by atoms with Gasteiger partial charge >= 0.3 is 11.7 Å². The molecule has 1 heterocycles. The molecular weight excluding hydrogens is 186 g/mol. The monoisotopic (exact) mass is 193 g/mol. The van der Waals surface area contributed by atoms with Crippen LogP contribution in [0.15, 0.2) is 12.4 Å². The average molecular weight is 193 g/mol. The van der Waals surface area contributed by atoms with Crippen molar-refractivity contribution in [2.24, 2.45) is 0 Å². The van der Waals surface area contributed by atoms with E-state index in [4.69, 9.17) is 11.2 Å². The molecule has 0 radical (unpaired) electrons. The van der Waals surface area contributed by atoms with Gasteiger partial charge in [0.2, 0.25) is 0 Å². The SMILES string of the molecule is C#CCCOc1ncc([N+](=O)[O-])cn1. The molecule has 0 atom stereocenters. The minimum atomic E-state index is -0.578. The van der Waals surface area contributed by atoms with Crippen molar-refractivity contribution in [3.05, 3.63) is 22.5 Å². The molecule has 0 bridgehead atoms. The van der Waals surface area contributed by atoms with E-state index in [1.165, 1.54) is 0 Å². The summed E-state index contributed by atoms with van der Waals surface area (Å²) < 4.78 is 4.99. The molecule has 14 heavy (non-hydrogen) atoms. The highest BCUT2D eigenvalue weighted by Crippen LogP contribution is 2.09. The molecule has 0 saturated carbocycles. The fraction of sp³-hybridized carbons (Fsp3) is 0.250. The fourth-order valence-electron chi connectivity index (χ4n) is 0.679. The van der Waals surface area contributed by atoms with E-state index in [1.807, 2.05) is 0 Å². The van der Waals surface area contributed by atoms with Gasteiger partial charge in [-0.1, -0.05) is 0 Å². The molecule has 0 amide bonds. The van der Waals surface area contributed by atoms with Crippen LogP contribution in [0.5, 0.6) is 6.01 Å². The van der Waals surface area contributed by atoms with E-state index in [-0.39, 0.29) is 11.7 Å². The third-order valence-electron chi connectivity index (χ3n) is 1.30. The van der Waals surface area contributed by atoms with Crippen LogP contribution < -0.4 is 4.74 Å². The predicted molar refractivity (Wildman–Crippen MR) is 47.6 cm³/mol. The normalized spacial score (nSPS) is 9.07. The lowest BCUT2D eigenvalue weighted by Gasteiger charge is -1.99. The Morgan fingerprint density at radius 1 is 1.57 bits per heavy atom. The Kier molecular flexibility index (Phi) is 3.38. The molecule has 1 aromatic rings. The molecule has 0 saturated heterocycles. The predicted octanol–water partition coefficient (Wildman–Crippen LogP) is 0.787. The van der Waals surface area contributed by atoms with Gasteiger partial charge in [-0.2, -0.15) is 9.97 Å². The number of hydrogen-bond donors (Lipinski definition) is 0. The number of ether oxygens (including phenoxy) is 1. The van der Waals surface area contributed by atoms with E-state index in [2.05, 4.69) is 15.9 Å². The van der Waals surface area contributed by atoms with Crippen molar-refractivity contribution in [1.29, 1.82) is 0 Å². The zero-order valence-corrected chi connectivity index (χ0v) is 7.21. The summed E-state index contributed by atoms with van der Waals surface area (Å²) >= 11 is 0. The maximum Gasteiger partial charge on any atom is 0.316 e. The van der Waals surface area contributed by atoms with E-state index in [9.17, 15) is 10.1 Å². The molecule has 0 aromatic carbocycles. The van der Waals surface area contributed by atoms with Gasteiger partial charge in [0.1, 0.15) is 19.0 Å². The van der Waals surface area contributed by atoms with Crippen molar-refractivity contribution >= 4 is 5.69 Å². The molecule has 0 fully saturated rings. The second kappa shape index (κ2) is 4.77. The zero-order chi connectivity index (χ0) is 10.4. The highest BCUT2D eigenvalue weighted by molar-refractivity contribution is 5.21. The standard InChI is InChI=1S/C8H7N3O3/c1-2-3-4-14-8-9-5-7(6-10-8)11(12)13/h1,5-6H,3-4H2. The van der Waals surface area contributed by atoms with Crippen molar-refractivity contribution in [2.45, 2.75) is 6.42 Å². The summed E-state index contributed by atoms with van der Waals surface area (Å²) in [6, 6.07) is 0.0888. The van der Waals surface area contributed by atoms with Crippen LogP contribution in [0, 0.1) is 22.5 Å². The van der Waals surface area contributed by atoms with Gasteiger partial charge in [0.15, 0.2) is 0 Å². The molecule has 72 valence electrons. The first-order chi connectivity index (χ1) is 6.74. The summed E-state index contributed by atoms with van der Waals surface area (Å²) in [4.78, 5) is 16.9. The van der Waals surface area contributed by atoms with Crippen LogP contribution in [0.1, 0.15) is 6.42 Å². The summed E-state index contributed by atoms with van der Waals surface area (Å²) in [6.45, 7) is 0.300. The number of nitrogens with zero attached hydrogens (tertiary/aromatic N) is 3. The highest BCUT2D eigenvalue weighted by atomic mass is 16.6. The second-order valence-corrected chi connectivity index (χ2v) is 2.28. The van der Waals surface area contributed by atoms with E-state index in [0.717, 1.165) is 12.4 Å². The fourth-order valence-corrected chi connectivity index (χ4v) is 0.679. The van der Waals surface area contributed by atoms with E-state index < -0.39 is 4.92 Å². The summed E-state index contributed by atoms with van der Waals surface area (Å²) in [5, 5.41) is 10.2. The molecule has 1 aromatic heterocycles. The lowest BCUT2D eigenvalue weighted by Crippen LogP contribution is -2.00. The Morgan fingerprint density at radius 3 is 2.71 bits per heavy atom.